The van der Waals surface area contributed by atoms with E-state index in [9.17, 15) is 0 Å². The number of phenols is 1. The average molecular weight is 176 g/mol. The number of phenolic OH excluding ortho intramolecular Hbond substituents is 1. The molecule has 1 rings (SSSR count). The van der Waals surface area contributed by atoms with Crippen LogP contribution in [0.25, 0.3) is 0 Å². The Bertz CT molecular complexity index is 148. The molecule has 11 heavy (non-hydrogen) atoms. The van der Waals surface area contributed by atoms with Gasteiger partial charge < -0.3 is 11.3 Å². The summed E-state index contributed by atoms with van der Waals surface area (Å²) in [5, 5.41) is 8.61. The molecule has 1 atom stereocenters. The minimum Gasteiger partial charge on any atom is -0.508 e. The van der Waals surface area contributed by atoms with Crippen LogP contribution < -0.4 is 17.8 Å². The third-order valence-electron chi connectivity index (χ3n) is 0.701. The molecule has 0 saturated heterocycles. The van der Waals surface area contributed by atoms with Crippen LogP contribution in [0.2, 0.25) is 0 Å². The van der Waals surface area contributed by atoms with Gasteiger partial charge in [0, 0.05) is 0 Å². The molecule has 0 saturated carbocycles. The Kier molecular flexibility index (Phi) is 18.3. The predicted octanol–water partition coefficient (Wildman–Crippen LogP) is 0.231. The van der Waals surface area contributed by atoms with E-state index in [0.717, 1.165) is 0 Å². The van der Waals surface area contributed by atoms with Crippen LogP contribution in [0.15, 0.2) is 24.3 Å². The van der Waals surface area contributed by atoms with Gasteiger partial charge in [-0.15, -0.1) is 0 Å². The first-order valence-electron chi connectivity index (χ1n) is 2.38. The quantitative estimate of drug-likeness (QED) is 0.258. The summed E-state index contributed by atoms with van der Waals surface area (Å²) in [6, 6.07) is 9.26. The Morgan fingerprint density at radius 3 is 1.73 bits per heavy atom. The van der Waals surface area contributed by atoms with Crippen LogP contribution in [0.3, 0.4) is 0 Å². The third-order valence-corrected chi connectivity index (χ3v) is 0.701. The maximum atomic E-state index is 8.61. The Balaban J connectivity index is -0.000000149. The van der Waals surface area contributed by atoms with Gasteiger partial charge in [0.2, 0.25) is 0 Å². The molecule has 4 nitrogen and oxygen atoms in total. The van der Waals surface area contributed by atoms with Crippen molar-refractivity contribution in [1.29, 1.82) is 0 Å². The van der Waals surface area contributed by atoms with Crippen molar-refractivity contribution < 1.29 is 5.11 Å². The van der Waals surface area contributed by atoms with E-state index in [1.807, 2.05) is 0 Å². The molecule has 0 spiro atoms. The summed E-state index contributed by atoms with van der Waals surface area (Å²) in [5.74, 6) is 8.29. The van der Waals surface area contributed by atoms with Crippen LogP contribution >= 0.6 is 9.90 Å². The zero-order chi connectivity index (χ0) is 7.11. The van der Waals surface area contributed by atoms with Crippen molar-refractivity contribution in [1.82, 2.24) is 6.15 Å². The van der Waals surface area contributed by atoms with Gasteiger partial charge in [0.1, 0.15) is 5.75 Å². The molecule has 65 valence electrons. The Morgan fingerprint density at radius 2 is 1.55 bits per heavy atom. The molecule has 5 heteroatoms. The maximum absolute atomic E-state index is 8.61. The number of nitrogens with two attached hydrogens (primary N) is 2. The molecule has 0 fully saturated rings. The van der Waals surface area contributed by atoms with E-state index >= 15 is 0 Å². The minimum atomic E-state index is 0. The molecule has 1 aromatic rings. The SMILES string of the molecule is N.NN.Oc1cc[c]cc1.P. The van der Waals surface area contributed by atoms with Crippen molar-refractivity contribution in [2.45, 2.75) is 0 Å². The van der Waals surface area contributed by atoms with E-state index < -0.39 is 0 Å². The second kappa shape index (κ2) is 12.0. The lowest BCUT2D eigenvalue weighted by atomic mass is 10.3. The molecule has 0 aromatic heterocycles. The Labute approximate surface area is 69.8 Å². The van der Waals surface area contributed by atoms with Crippen molar-refractivity contribution in [2.75, 3.05) is 0 Å². The Morgan fingerprint density at radius 1 is 1.18 bits per heavy atom. The molecule has 1 unspecified atom stereocenters. The Hall–Kier alpha value is -0.670. The van der Waals surface area contributed by atoms with Gasteiger partial charge in [-0.2, -0.15) is 9.90 Å². The maximum Gasteiger partial charge on any atom is 0.115 e. The lowest BCUT2D eigenvalue weighted by molar-refractivity contribution is 0.475. The van der Waals surface area contributed by atoms with Gasteiger partial charge in [-0.3, -0.25) is 11.7 Å². The van der Waals surface area contributed by atoms with Crippen molar-refractivity contribution in [3.63, 3.8) is 0 Å². The van der Waals surface area contributed by atoms with Gasteiger partial charge in [-0.25, -0.2) is 0 Å². The monoisotopic (exact) mass is 176 g/mol. The molecule has 0 amide bonds. The summed E-state index contributed by atoms with van der Waals surface area (Å²) >= 11 is 0. The van der Waals surface area contributed by atoms with Crippen LogP contribution in [0.1, 0.15) is 0 Å². The van der Waals surface area contributed by atoms with Gasteiger partial charge in [0.25, 0.3) is 0 Å². The summed E-state index contributed by atoms with van der Waals surface area (Å²) < 4.78 is 0. The zero-order valence-electron chi connectivity index (χ0n) is 6.33. The third kappa shape index (κ3) is 9.33. The normalized spacial score (nSPS) is 6.00. The van der Waals surface area contributed by atoms with Crippen molar-refractivity contribution in [2.24, 2.45) is 11.7 Å². The molecule has 0 aliphatic carbocycles. The fourth-order valence-electron chi connectivity index (χ4n) is 0.378. The van der Waals surface area contributed by atoms with Crippen molar-refractivity contribution in [3.8, 4) is 5.75 Å². The van der Waals surface area contributed by atoms with E-state index in [1.54, 1.807) is 24.3 Å². The van der Waals surface area contributed by atoms with Crippen LogP contribution in [0.5, 0.6) is 5.75 Å². The predicted molar refractivity (Wildman–Crippen MR) is 51.4 cm³/mol. The number of benzene rings is 1. The second-order valence-electron chi connectivity index (χ2n) is 1.26. The molecular formula is C6H15N3OP. The fraction of sp³-hybridized carbons (Fsp3) is 0. The average Bonchev–Trinajstić information content (AvgIpc) is 1.94. The first-order chi connectivity index (χ1) is 4.39. The van der Waals surface area contributed by atoms with Crippen LogP contribution in [0.4, 0.5) is 0 Å². The summed E-state index contributed by atoms with van der Waals surface area (Å²) in [7, 11) is 0. The van der Waals surface area contributed by atoms with Gasteiger partial charge >= 0.3 is 0 Å². The smallest absolute Gasteiger partial charge is 0.115 e. The number of hydrogen-bond donors (Lipinski definition) is 4. The molecule has 8 N–H and O–H groups in total. The summed E-state index contributed by atoms with van der Waals surface area (Å²) in [4.78, 5) is 0. The molecule has 1 aromatic carbocycles. The first-order valence-corrected chi connectivity index (χ1v) is 2.38. The molecule has 0 aliphatic rings. The highest BCUT2D eigenvalue weighted by molar-refractivity contribution is 6.92. The van der Waals surface area contributed by atoms with Crippen molar-refractivity contribution in [3.05, 3.63) is 30.3 Å². The molecule has 0 bridgehead atoms. The van der Waals surface area contributed by atoms with Crippen molar-refractivity contribution >= 4 is 9.90 Å². The van der Waals surface area contributed by atoms with Gasteiger partial charge in [0.15, 0.2) is 0 Å². The summed E-state index contributed by atoms with van der Waals surface area (Å²) in [6.45, 7) is 0. The first kappa shape index (κ1) is 16.7. The number of rotatable bonds is 0. The van der Waals surface area contributed by atoms with E-state index in [0.29, 0.717) is 5.75 Å². The number of hydrogen-bond acceptors (Lipinski definition) is 4. The van der Waals surface area contributed by atoms with Crippen LogP contribution in [-0.2, 0) is 0 Å². The summed E-state index contributed by atoms with van der Waals surface area (Å²) in [5.41, 5.74) is 0. The van der Waals surface area contributed by atoms with E-state index in [2.05, 4.69) is 17.8 Å². The minimum absolute atomic E-state index is 0. The molecule has 1 radical (unpaired) electrons. The van der Waals surface area contributed by atoms with Crippen LogP contribution in [0, 0.1) is 6.07 Å². The van der Waals surface area contributed by atoms with Gasteiger partial charge in [-0.05, 0) is 18.2 Å². The fourth-order valence-corrected chi connectivity index (χ4v) is 0.378. The van der Waals surface area contributed by atoms with Gasteiger partial charge in [-0.1, -0.05) is 12.1 Å². The number of hydrazine groups is 1. The zero-order valence-corrected chi connectivity index (χ0v) is 7.74. The number of aromatic hydroxyl groups is 1. The molecule has 0 aliphatic heterocycles. The van der Waals surface area contributed by atoms with Gasteiger partial charge in [0.05, 0.1) is 0 Å². The topological polar surface area (TPSA) is 107 Å². The highest BCUT2D eigenvalue weighted by atomic mass is 31.0. The second-order valence-corrected chi connectivity index (χ2v) is 1.26. The van der Waals surface area contributed by atoms with E-state index in [4.69, 9.17) is 5.11 Å². The highest BCUT2D eigenvalue weighted by Crippen LogP contribution is 2.02. The van der Waals surface area contributed by atoms with E-state index in [-0.39, 0.29) is 16.0 Å². The van der Waals surface area contributed by atoms with Crippen LogP contribution in [-0.4, -0.2) is 5.11 Å². The standard InChI is InChI=1S/C6H5O.H4N2.H3N.H3P/c7-6-4-2-1-3-5-6;1-2;;/h2-5,7H;1-2H2;2*1H3. The largest absolute Gasteiger partial charge is 0.508 e. The lowest BCUT2D eigenvalue weighted by Crippen LogP contribution is -2.02. The molecule has 0 heterocycles. The lowest BCUT2D eigenvalue weighted by Gasteiger charge is -1.81. The summed E-state index contributed by atoms with van der Waals surface area (Å²) in [6.07, 6.45) is 0. The van der Waals surface area contributed by atoms with E-state index in [1.165, 1.54) is 0 Å². The molecular weight excluding hydrogens is 161 g/mol. The highest BCUT2D eigenvalue weighted by Gasteiger charge is 1.75.